The summed E-state index contributed by atoms with van der Waals surface area (Å²) in [6.45, 7) is 4.53. The van der Waals surface area contributed by atoms with Gasteiger partial charge >= 0.3 is 0 Å². The second kappa shape index (κ2) is 4.97. The molecule has 3 N–H and O–H groups in total. The van der Waals surface area contributed by atoms with Gasteiger partial charge in [-0.3, -0.25) is 9.20 Å². The second-order valence-corrected chi connectivity index (χ2v) is 4.94. The van der Waals surface area contributed by atoms with Gasteiger partial charge in [0, 0.05) is 12.2 Å². The number of aromatic nitrogens is 2. The molecule has 0 aliphatic rings. The van der Waals surface area contributed by atoms with Crippen LogP contribution in [0.3, 0.4) is 0 Å². The quantitative estimate of drug-likeness (QED) is 0.912. The molecule has 0 saturated heterocycles. The van der Waals surface area contributed by atoms with Crippen LogP contribution in [0.5, 0.6) is 0 Å². The molecule has 2 rings (SSSR count). The van der Waals surface area contributed by atoms with Crippen molar-refractivity contribution in [1.29, 1.82) is 0 Å². The van der Waals surface area contributed by atoms with Gasteiger partial charge in [-0.2, -0.15) is 0 Å². The maximum atomic E-state index is 11.9. The molecule has 1 amide bonds. The average Bonchev–Trinajstić information content (AvgIpc) is 2.70. The van der Waals surface area contributed by atoms with Gasteiger partial charge in [0.25, 0.3) is 5.91 Å². The smallest absolute Gasteiger partial charge is 0.273 e. The van der Waals surface area contributed by atoms with Crippen molar-refractivity contribution in [1.82, 2.24) is 14.7 Å². The van der Waals surface area contributed by atoms with Gasteiger partial charge in [0.2, 0.25) is 0 Å². The summed E-state index contributed by atoms with van der Waals surface area (Å²) in [7, 11) is 0. The first-order chi connectivity index (χ1) is 8.56. The number of hydrogen-bond acceptors (Lipinski definition) is 3. The Morgan fingerprint density at radius 2 is 2.28 bits per heavy atom. The van der Waals surface area contributed by atoms with E-state index in [0.29, 0.717) is 18.0 Å². The van der Waals surface area contributed by atoms with Crippen LogP contribution in [0.25, 0.3) is 5.65 Å². The van der Waals surface area contributed by atoms with E-state index in [1.54, 1.807) is 4.40 Å². The zero-order chi connectivity index (χ0) is 13.3. The largest absolute Gasteiger partial charge is 0.383 e. The molecule has 2 aromatic rings. The summed E-state index contributed by atoms with van der Waals surface area (Å²) in [5.74, 6) is 0.141. The summed E-state index contributed by atoms with van der Waals surface area (Å²) in [5.41, 5.74) is 7.88. The Balaban J connectivity index is 2.54. The molecule has 5 nitrogen and oxygen atoms in total. The first-order valence-electron chi connectivity index (χ1n) is 5.77. The number of hydrogen-bond donors (Lipinski definition) is 2. The third kappa shape index (κ3) is 2.08. The van der Waals surface area contributed by atoms with Gasteiger partial charge in [-0.15, -0.1) is 0 Å². The van der Waals surface area contributed by atoms with Crippen molar-refractivity contribution in [3.63, 3.8) is 0 Å². The molecule has 18 heavy (non-hydrogen) atoms. The molecule has 0 fully saturated rings. The number of nitrogens with one attached hydrogen (secondary N) is 1. The topological polar surface area (TPSA) is 72.4 Å². The Labute approximate surface area is 114 Å². The number of amides is 1. The fourth-order valence-corrected chi connectivity index (χ4v) is 2.18. The number of rotatable bonds is 3. The van der Waals surface area contributed by atoms with E-state index in [-0.39, 0.29) is 11.6 Å². The van der Waals surface area contributed by atoms with Crippen LogP contribution in [-0.2, 0) is 0 Å². The zero-order valence-electron chi connectivity index (χ0n) is 10.3. The minimum Gasteiger partial charge on any atom is -0.383 e. The highest BCUT2D eigenvalue weighted by Gasteiger charge is 2.18. The van der Waals surface area contributed by atoms with Crippen molar-refractivity contribution >= 4 is 33.3 Å². The fraction of sp³-hybridized carbons (Fsp3) is 0.333. The molecule has 2 heterocycles. The summed E-state index contributed by atoms with van der Waals surface area (Å²) in [5, 5.41) is 2.78. The molecule has 0 unspecified atom stereocenters. The SMILES string of the molecule is CCCNC(=O)c1nc2c(Br)ccc(C)n2c1N. The number of aryl methyl sites for hydroxylation is 1. The Morgan fingerprint density at radius 1 is 1.56 bits per heavy atom. The molecule has 0 spiro atoms. The molecule has 96 valence electrons. The van der Waals surface area contributed by atoms with E-state index in [4.69, 9.17) is 5.73 Å². The van der Waals surface area contributed by atoms with Gasteiger partial charge in [0.15, 0.2) is 11.3 Å². The number of imidazole rings is 1. The minimum atomic E-state index is -0.232. The normalized spacial score (nSPS) is 10.8. The van der Waals surface area contributed by atoms with E-state index >= 15 is 0 Å². The fourth-order valence-electron chi connectivity index (χ4n) is 1.78. The van der Waals surface area contributed by atoms with E-state index in [0.717, 1.165) is 16.6 Å². The summed E-state index contributed by atoms with van der Waals surface area (Å²) >= 11 is 3.41. The van der Waals surface area contributed by atoms with E-state index in [9.17, 15) is 4.79 Å². The van der Waals surface area contributed by atoms with Crippen LogP contribution in [0, 0.1) is 6.92 Å². The summed E-state index contributed by atoms with van der Waals surface area (Å²) in [6.07, 6.45) is 0.877. The van der Waals surface area contributed by atoms with Crippen LogP contribution in [0.1, 0.15) is 29.5 Å². The molecule has 0 aliphatic heterocycles. The van der Waals surface area contributed by atoms with Gasteiger partial charge in [0.05, 0.1) is 4.47 Å². The molecule has 0 aromatic carbocycles. The number of pyridine rings is 1. The molecule has 0 aliphatic carbocycles. The van der Waals surface area contributed by atoms with Crippen LogP contribution in [0.15, 0.2) is 16.6 Å². The van der Waals surface area contributed by atoms with E-state index in [1.807, 2.05) is 26.0 Å². The monoisotopic (exact) mass is 310 g/mol. The Kier molecular flexibility index (Phi) is 3.56. The average molecular weight is 311 g/mol. The Bertz CT molecular complexity index is 606. The van der Waals surface area contributed by atoms with E-state index in [2.05, 4.69) is 26.2 Å². The third-order valence-corrected chi connectivity index (χ3v) is 3.32. The number of carbonyl (C=O) groups excluding carboxylic acids is 1. The number of carbonyl (C=O) groups is 1. The second-order valence-electron chi connectivity index (χ2n) is 4.08. The molecule has 0 saturated carbocycles. The molecule has 0 radical (unpaired) electrons. The number of nitrogen functional groups attached to an aromatic ring is 1. The van der Waals surface area contributed by atoms with Crippen molar-refractivity contribution in [3.8, 4) is 0 Å². The van der Waals surface area contributed by atoms with Gasteiger partial charge in [0.1, 0.15) is 5.82 Å². The summed E-state index contributed by atoms with van der Waals surface area (Å²) < 4.78 is 2.58. The van der Waals surface area contributed by atoms with E-state index in [1.165, 1.54) is 0 Å². The molecular formula is C12H15BrN4O. The zero-order valence-corrected chi connectivity index (χ0v) is 11.9. The number of anilines is 1. The molecule has 0 atom stereocenters. The minimum absolute atomic E-state index is 0.232. The van der Waals surface area contributed by atoms with Gasteiger partial charge in [-0.1, -0.05) is 6.92 Å². The predicted molar refractivity (Wildman–Crippen MR) is 74.7 cm³/mol. The molecule has 6 heteroatoms. The van der Waals surface area contributed by atoms with Crippen LogP contribution in [0.4, 0.5) is 5.82 Å². The van der Waals surface area contributed by atoms with Crippen LogP contribution in [0.2, 0.25) is 0 Å². The lowest BCUT2D eigenvalue weighted by atomic mass is 10.3. The Morgan fingerprint density at radius 3 is 2.89 bits per heavy atom. The lowest BCUT2D eigenvalue weighted by molar-refractivity contribution is 0.0950. The highest BCUT2D eigenvalue weighted by molar-refractivity contribution is 9.10. The van der Waals surface area contributed by atoms with Gasteiger partial charge < -0.3 is 11.1 Å². The maximum Gasteiger partial charge on any atom is 0.273 e. The van der Waals surface area contributed by atoms with Crippen LogP contribution < -0.4 is 11.1 Å². The van der Waals surface area contributed by atoms with Gasteiger partial charge in [-0.05, 0) is 41.4 Å². The van der Waals surface area contributed by atoms with E-state index < -0.39 is 0 Å². The predicted octanol–water partition coefficient (Wildman–Crippen LogP) is 2.13. The summed E-state index contributed by atoms with van der Waals surface area (Å²) in [6, 6.07) is 3.81. The van der Waals surface area contributed by atoms with Crippen molar-refractivity contribution in [2.75, 3.05) is 12.3 Å². The maximum absolute atomic E-state index is 11.9. The summed E-state index contributed by atoms with van der Waals surface area (Å²) in [4.78, 5) is 16.2. The van der Waals surface area contributed by atoms with Crippen LogP contribution >= 0.6 is 15.9 Å². The lowest BCUT2D eigenvalue weighted by Crippen LogP contribution is -2.25. The number of nitrogens with zero attached hydrogens (tertiary/aromatic N) is 2. The van der Waals surface area contributed by atoms with Gasteiger partial charge in [-0.25, -0.2) is 4.98 Å². The first kappa shape index (κ1) is 12.9. The number of halogens is 1. The number of nitrogens with two attached hydrogens (primary N) is 1. The van der Waals surface area contributed by atoms with Crippen molar-refractivity contribution in [2.45, 2.75) is 20.3 Å². The van der Waals surface area contributed by atoms with Crippen molar-refractivity contribution in [3.05, 3.63) is 28.0 Å². The lowest BCUT2D eigenvalue weighted by Gasteiger charge is -2.03. The molecule has 0 bridgehead atoms. The molecular weight excluding hydrogens is 296 g/mol. The highest BCUT2D eigenvalue weighted by Crippen LogP contribution is 2.24. The van der Waals surface area contributed by atoms with Crippen molar-refractivity contribution < 1.29 is 4.79 Å². The third-order valence-electron chi connectivity index (χ3n) is 2.70. The first-order valence-corrected chi connectivity index (χ1v) is 6.56. The Hall–Kier alpha value is -1.56. The van der Waals surface area contributed by atoms with Crippen LogP contribution in [-0.4, -0.2) is 21.8 Å². The number of fused-ring (bicyclic) bond motifs is 1. The highest BCUT2D eigenvalue weighted by atomic mass is 79.9. The molecule has 2 aromatic heterocycles. The standard InChI is InChI=1S/C12H15BrN4O/c1-3-6-15-12(18)9-10(14)17-7(2)4-5-8(13)11(17)16-9/h4-5H,3,6,14H2,1-2H3,(H,15,18). The van der Waals surface area contributed by atoms with Crippen molar-refractivity contribution in [2.24, 2.45) is 0 Å².